The molecule has 0 bridgehead atoms. The van der Waals surface area contributed by atoms with Crippen LogP contribution in [0.5, 0.6) is 0 Å². The largest absolute Gasteiger partial charge is 0.382 e. The van der Waals surface area contributed by atoms with E-state index in [9.17, 15) is 0 Å². The Morgan fingerprint density at radius 2 is 2.06 bits per heavy atom. The molecule has 2 aromatic rings. The molecule has 1 aromatic carbocycles. The molecule has 1 aromatic heterocycles. The molecular weight excluding hydrogens is 218 g/mol. The Balaban J connectivity index is 2.11. The maximum atomic E-state index is 5.25. The lowest BCUT2D eigenvalue weighted by Gasteiger charge is -2.18. The van der Waals surface area contributed by atoms with Crippen LogP contribution in [-0.4, -0.2) is 13.7 Å². The number of rotatable bonds is 5. The van der Waals surface area contributed by atoms with Gasteiger partial charge in [-0.2, -0.15) is 11.3 Å². The normalized spacial score (nSPS) is 12.3. The van der Waals surface area contributed by atoms with Crippen molar-refractivity contribution in [1.29, 1.82) is 0 Å². The van der Waals surface area contributed by atoms with Gasteiger partial charge in [0.05, 0.1) is 12.6 Å². The number of anilines is 1. The van der Waals surface area contributed by atoms with Crippen molar-refractivity contribution in [3.8, 4) is 0 Å². The van der Waals surface area contributed by atoms with Crippen LogP contribution in [0.15, 0.2) is 47.2 Å². The molecule has 2 rings (SSSR count). The Kier molecular flexibility index (Phi) is 3.97. The minimum absolute atomic E-state index is 0.209. The standard InChI is InChI=1S/C13H15NOS/c1-15-9-13(11-5-3-2-4-6-11)14-12-7-8-16-10-12/h2-8,10,13-14H,9H2,1H3. The molecule has 1 N–H and O–H groups in total. The summed E-state index contributed by atoms with van der Waals surface area (Å²) in [5, 5.41) is 7.63. The monoisotopic (exact) mass is 233 g/mol. The number of hydrogen-bond donors (Lipinski definition) is 1. The summed E-state index contributed by atoms with van der Waals surface area (Å²) in [7, 11) is 1.73. The number of methoxy groups -OCH3 is 1. The van der Waals surface area contributed by atoms with Crippen molar-refractivity contribution in [2.45, 2.75) is 6.04 Å². The fourth-order valence-corrected chi connectivity index (χ4v) is 2.22. The Hall–Kier alpha value is -1.32. The van der Waals surface area contributed by atoms with Gasteiger partial charge in [0.15, 0.2) is 0 Å². The predicted octanol–water partition coefficient (Wildman–Crippen LogP) is 3.55. The van der Waals surface area contributed by atoms with Crippen LogP contribution >= 0.6 is 11.3 Å². The number of ether oxygens (including phenoxy) is 1. The smallest absolute Gasteiger partial charge is 0.0747 e. The molecule has 84 valence electrons. The van der Waals surface area contributed by atoms with Crippen molar-refractivity contribution in [3.05, 3.63) is 52.7 Å². The fourth-order valence-electron chi connectivity index (χ4n) is 1.62. The maximum Gasteiger partial charge on any atom is 0.0747 e. The highest BCUT2D eigenvalue weighted by molar-refractivity contribution is 7.08. The second kappa shape index (κ2) is 5.68. The molecule has 16 heavy (non-hydrogen) atoms. The van der Waals surface area contributed by atoms with Gasteiger partial charge in [-0.05, 0) is 17.0 Å². The van der Waals surface area contributed by atoms with Gasteiger partial charge in [0, 0.05) is 18.2 Å². The molecule has 1 heterocycles. The van der Waals surface area contributed by atoms with Gasteiger partial charge >= 0.3 is 0 Å². The first kappa shape index (κ1) is 11.2. The third-order valence-electron chi connectivity index (χ3n) is 2.40. The zero-order valence-corrected chi connectivity index (χ0v) is 10.0. The van der Waals surface area contributed by atoms with Gasteiger partial charge in [0.2, 0.25) is 0 Å². The first-order valence-electron chi connectivity index (χ1n) is 5.23. The highest BCUT2D eigenvalue weighted by Crippen LogP contribution is 2.21. The van der Waals surface area contributed by atoms with E-state index in [0.29, 0.717) is 6.61 Å². The van der Waals surface area contributed by atoms with Crippen molar-refractivity contribution in [1.82, 2.24) is 0 Å². The van der Waals surface area contributed by atoms with Gasteiger partial charge in [0.1, 0.15) is 0 Å². The van der Waals surface area contributed by atoms with Gasteiger partial charge in [-0.1, -0.05) is 30.3 Å². The molecule has 1 unspecified atom stereocenters. The first-order valence-corrected chi connectivity index (χ1v) is 6.17. The Morgan fingerprint density at radius 1 is 1.25 bits per heavy atom. The fraction of sp³-hybridized carbons (Fsp3) is 0.231. The van der Waals surface area contributed by atoms with Crippen LogP contribution in [0, 0.1) is 0 Å². The SMILES string of the molecule is COCC(Nc1ccsc1)c1ccccc1. The van der Waals surface area contributed by atoms with Crippen LogP contribution in [-0.2, 0) is 4.74 Å². The van der Waals surface area contributed by atoms with Crippen LogP contribution in [0.3, 0.4) is 0 Å². The summed E-state index contributed by atoms with van der Waals surface area (Å²) in [5.41, 5.74) is 2.39. The summed E-state index contributed by atoms with van der Waals surface area (Å²) in [6.07, 6.45) is 0. The van der Waals surface area contributed by atoms with Crippen molar-refractivity contribution in [3.63, 3.8) is 0 Å². The third-order valence-corrected chi connectivity index (χ3v) is 3.08. The third kappa shape index (κ3) is 2.84. The molecule has 2 nitrogen and oxygen atoms in total. The van der Waals surface area contributed by atoms with Crippen molar-refractivity contribution in [2.24, 2.45) is 0 Å². The highest BCUT2D eigenvalue weighted by atomic mass is 32.1. The van der Waals surface area contributed by atoms with Crippen LogP contribution in [0.4, 0.5) is 5.69 Å². The van der Waals surface area contributed by atoms with Gasteiger partial charge in [-0.25, -0.2) is 0 Å². The van der Waals surface area contributed by atoms with E-state index < -0.39 is 0 Å². The van der Waals surface area contributed by atoms with Gasteiger partial charge < -0.3 is 10.1 Å². The topological polar surface area (TPSA) is 21.3 Å². The second-order valence-corrected chi connectivity index (χ2v) is 4.36. The van der Waals surface area contributed by atoms with Gasteiger partial charge in [0.25, 0.3) is 0 Å². The molecule has 0 aliphatic heterocycles. The van der Waals surface area contributed by atoms with E-state index in [-0.39, 0.29) is 6.04 Å². The minimum Gasteiger partial charge on any atom is -0.382 e. The van der Waals surface area contributed by atoms with Crippen LogP contribution in [0.2, 0.25) is 0 Å². The summed E-state index contributed by atoms with van der Waals surface area (Å²) < 4.78 is 5.25. The molecular formula is C13H15NOS. The molecule has 0 amide bonds. The number of hydrogen-bond acceptors (Lipinski definition) is 3. The van der Waals surface area contributed by atoms with Crippen LogP contribution in [0.1, 0.15) is 11.6 Å². The molecule has 0 saturated carbocycles. The van der Waals surface area contributed by atoms with E-state index in [1.807, 2.05) is 18.2 Å². The van der Waals surface area contributed by atoms with Crippen molar-refractivity contribution >= 4 is 17.0 Å². The van der Waals surface area contributed by atoms with Gasteiger partial charge in [-0.3, -0.25) is 0 Å². The van der Waals surface area contributed by atoms with Crippen LogP contribution < -0.4 is 5.32 Å². The van der Waals surface area contributed by atoms with Crippen molar-refractivity contribution in [2.75, 3.05) is 19.0 Å². The van der Waals surface area contributed by atoms with Crippen molar-refractivity contribution < 1.29 is 4.74 Å². The summed E-state index contributed by atoms with van der Waals surface area (Å²) in [6.45, 7) is 0.667. The van der Waals surface area contributed by atoms with Gasteiger partial charge in [-0.15, -0.1) is 0 Å². The molecule has 0 aliphatic rings. The molecule has 0 fully saturated rings. The van der Waals surface area contributed by atoms with E-state index in [1.165, 1.54) is 5.56 Å². The maximum absolute atomic E-state index is 5.25. The van der Waals surface area contributed by atoms with E-state index in [2.05, 4.69) is 34.3 Å². The summed E-state index contributed by atoms with van der Waals surface area (Å²) in [5.74, 6) is 0. The Bertz CT molecular complexity index is 399. The molecule has 0 radical (unpaired) electrons. The Labute approximate surface area is 99.9 Å². The second-order valence-electron chi connectivity index (χ2n) is 3.57. The van der Waals surface area contributed by atoms with E-state index >= 15 is 0 Å². The molecule has 3 heteroatoms. The summed E-state index contributed by atoms with van der Waals surface area (Å²) in [4.78, 5) is 0. The Morgan fingerprint density at radius 3 is 2.69 bits per heavy atom. The average Bonchev–Trinajstić information content (AvgIpc) is 2.83. The van der Waals surface area contributed by atoms with Crippen LogP contribution in [0.25, 0.3) is 0 Å². The lowest BCUT2D eigenvalue weighted by Crippen LogP contribution is -2.15. The summed E-state index contributed by atoms with van der Waals surface area (Å²) >= 11 is 1.69. The molecule has 1 atom stereocenters. The highest BCUT2D eigenvalue weighted by Gasteiger charge is 2.10. The zero-order valence-electron chi connectivity index (χ0n) is 9.22. The minimum atomic E-state index is 0.209. The molecule has 0 aliphatic carbocycles. The lowest BCUT2D eigenvalue weighted by atomic mass is 10.1. The number of thiophene rings is 1. The number of benzene rings is 1. The lowest BCUT2D eigenvalue weighted by molar-refractivity contribution is 0.186. The average molecular weight is 233 g/mol. The quantitative estimate of drug-likeness (QED) is 0.852. The molecule has 0 spiro atoms. The number of nitrogens with one attached hydrogen (secondary N) is 1. The molecule has 0 saturated heterocycles. The first-order chi connectivity index (χ1) is 7.90. The summed E-state index contributed by atoms with van der Waals surface area (Å²) in [6, 6.07) is 12.6. The van der Waals surface area contributed by atoms with E-state index in [1.54, 1.807) is 18.4 Å². The predicted molar refractivity (Wildman–Crippen MR) is 69.0 cm³/mol. The van der Waals surface area contributed by atoms with E-state index in [0.717, 1.165) is 5.69 Å². The van der Waals surface area contributed by atoms with E-state index in [4.69, 9.17) is 4.74 Å². The zero-order chi connectivity index (χ0) is 11.2.